The quantitative estimate of drug-likeness (QED) is 0.0720. The highest BCUT2D eigenvalue weighted by atomic mass is 16.4. The van der Waals surface area contributed by atoms with Crippen molar-refractivity contribution in [2.75, 3.05) is 0 Å². The van der Waals surface area contributed by atoms with Gasteiger partial charge in [-0.1, -0.05) is 13.8 Å². The fourth-order valence-electron chi connectivity index (χ4n) is 3.04. The topological polar surface area (TPSA) is 268 Å². The van der Waals surface area contributed by atoms with Crippen LogP contribution in [0.5, 0.6) is 0 Å². The molecule has 0 aromatic carbocycles. The van der Waals surface area contributed by atoms with Gasteiger partial charge in [0.25, 0.3) is 0 Å². The zero-order valence-electron chi connectivity index (χ0n) is 20.4. The number of carbonyl (C=O) groups excluding carboxylic acids is 7. The Hall–Kier alpha value is -4.37. The lowest BCUT2D eigenvalue weighted by molar-refractivity contribution is -0.142. The number of ketones is 1. The minimum absolute atomic E-state index is 0.0442. The summed E-state index contributed by atoms with van der Waals surface area (Å²) in [7, 11) is 0. The highest BCUT2D eigenvalue weighted by Gasteiger charge is 2.33. The Morgan fingerprint density at radius 2 is 1.11 bits per heavy atom. The van der Waals surface area contributed by atoms with Gasteiger partial charge in [-0.05, 0) is 12.3 Å². The summed E-state index contributed by atoms with van der Waals surface area (Å²) in [5, 5.41) is 26.5. The number of carboxylic acid groups (broad SMARTS) is 2. The Kier molecular flexibility index (Phi) is 13.7. The van der Waals surface area contributed by atoms with Crippen LogP contribution in [-0.4, -0.2) is 87.9 Å². The van der Waals surface area contributed by atoms with E-state index in [1.807, 2.05) is 0 Å². The van der Waals surface area contributed by atoms with Crippen molar-refractivity contribution in [3.8, 4) is 0 Å². The summed E-state index contributed by atoms with van der Waals surface area (Å²) >= 11 is 0. The first-order valence-electron chi connectivity index (χ1n) is 11.0. The summed E-state index contributed by atoms with van der Waals surface area (Å²) in [5.41, 5.74) is 5.14. The number of nitrogens with one attached hydrogen (secondary N) is 4. The molecule has 0 bridgehead atoms. The molecule has 0 saturated heterocycles. The molecule has 4 atom stereocenters. The van der Waals surface area contributed by atoms with Crippen molar-refractivity contribution in [3.63, 3.8) is 0 Å². The summed E-state index contributed by atoms with van der Waals surface area (Å²) in [4.78, 5) is 106. The maximum atomic E-state index is 12.9. The van der Waals surface area contributed by atoms with E-state index in [1.165, 1.54) is 0 Å². The SMILES string of the molecule is CC(=O)N[C@@H](CC(=O)O)C(=O)N[C@@H](CC(N)=O)C(=O)N[C@@H](CC(C)C)C(=O)N[C@@H](CC(=O)O)C(=O)C=O. The molecule has 0 saturated carbocycles. The van der Waals surface area contributed by atoms with E-state index in [-0.39, 0.29) is 18.6 Å². The van der Waals surface area contributed by atoms with Gasteiger partial charge in [0.15, 0.2) is 6.29 Å². The number of carboxylic acids is 2. The number of nitrogens with two attached hydrogens (primary N) is 1. The van der Waals surface area contributed by atoms with E-state index >= 15 is 0 Å². The van der Waals surface area contributed by atoms with Crippen LogP contribution in [0.4, 0.5) is 0 Å². The first-order valence-corrected chi connectivity index (χ1v) is 11.0. The molecular weight excluding hydrogens is 498 g/mol. The Balaban J connectivity index is 5.84. The van der Waals surface area contributed by atoms with Gasteiger partial charge in [-0.15, -0.1) is 0 Å². The van der Waals surface area contributed by atoms with E-state index in [1.54, 1.807) is 13.8 Å². The summed E-state index contributed by atoms with van der Waals surface area (Å²) < 4.78 is 0. The molecular formula is C21H31N5O11. The van der Waals surface area contributed by atoms with Gasteiger partial charge >= 0.3 is 11.9 Å². The zero-order valence-corrected chi connectivity index (χ0v) is 20.4. The average Bonchev–Trinajstić information content (AvgIpc) is 2.74. The monoisotopic (exact) mass is 529 g/mol. The third-order valence-corrected chi connectivity index (χ3v) is 4.61. The van der Waals surface area contributed by atoms with Crippen LogP contribution in [0.25, 0.3) is 0 Å². The second kappa shape index (κ2) is 15.6. The summed E-state index contributed by atoms with van der Waals surface area (Å²) in [5.74, 6) is -9.41. The van der Waals surface area contributed by atoms with Crippen LogP contribution in [0.3, 0.4) is 0 Å². The number of primary amides is 1. The number of hydrogen-bond acceptors (Lipinski definition) is 9. The van der Waals surface area contributed by atoms with E-state index in [0.29, 0.717) is 0 Å². The van der Waals surface area contributed by atoms with Crippen molar-refractivity contribution < 1.29 is 53.4 Å². The van der Waals surface area contributed by atoms with Crippen LogP contribution in [0.15, 0.2) is 0 Å². The van der Waals surface area contributed by atoms with Crippen LogP contribution in [0, 0.1) is 5.92 Å². The molecule has 0 aliphatic carbocycles. The van der Waals surface area contributed by atoms with Gasteiger partial charge in [0.2, 0.25) is 35.3 Å². The minimum atomic E-state index is -1.70. The Morgan fingerprint density at radius 3 is 1.51 bits per heavy atom. The van der Waals surface area contributed by atoms with Crippen LogP contribution < -0.4 is 27.0 Å². The van der Waals surface area contributed by atoms with Crippen LogP contribution >= 0.6 is 0 Å². The van der Waals surface area contributed by atoms with Crippen molar-refractivity contribution in [3.05, 3.63) is 0 Å². The molecule has 0 rings (SSSR count). The van der Waals surface area contributed by atoms with Gasteiger partial charge in [0, 0.05) is 6.92 Å². The Labute approximate surface area is 211 Å². The molecule has 206 valence electrons. The normalized spacial score (nSPS) is 13.7. The Morgan fingerprint density at radius 1 is 0.703 bits per heavy atom. The lowest BCUT2D eigenvalue weighted by atomic mass is 10.0. The molecule has 0 unspecified atom stereocenters. The molecule has 0 spiro atoms. The fourth-order valence-corrected chi connectivity index (χ4v) is 3.04. The van der Waals surface area contributed by atoms with Crippen LogP contribution in [0.2, 0.25) is 0 Å². The predicted molar refractivity (Wildman–Crippen MR) is 122 cm³/mol. The van der Waals surface area contributed by atoms with Crippen LogP contribution in [-0.2, 0) is 43.2 Å². The molecule has 5 amide bonds. The lowest BCUT2D eigenvalue weighted by Crippen LogP contribution is -2.58. The maximum Gasteiger partial charge on any atom is 0.305 e. The molecule has 0 aromatic rings. The number of aldehydes is 1. The highest BCUT2D eigenvalue weighted by Crippen LogP contribution is 2.08. The molecule has 16 heteroatoms. The van der Waals surface area contributed by atoms with Crippen molar-refractivity contribution in [2.24, 2.45) is 11.7 Å². The van der Waals surface area contributed by atoms with Crippen molar-refractivity contribution in [1.29, 1.82) is 0 Å². The minimum Gasteiger partial charge on any atom is -0.481 e. The van der Waals surface area contributed by atoms with Crippen molar-refractivity contribution in [2.45, 2.75) is 70.6 Å². The van der Waals surface area contributed by atoms with E-state index in [4.69, 9.17) is 15.9 Å². The molecule has 0 radical (unpaired) electrons. The second-order valence-corrected chi connectivity index (χ2v) is 8.45. The summed E-state index contributed by atoms with van der Waals surface area (Å²) in [6.07, 6.45) is -2.72. The Bertz CT molecular complexity index is 918. The van der Waals surface area contributed by atoms with Crippen molar-refractivity contribution >= 4 is 53.5 Å². The third-order valence-electron chi connectivity index (χ3n) is 4.61. The molecule has 16 nitrogen and oxygen atoms in total. The van der Waals surface area contributed by atoms with Gasteiger partial charge in [-0.2, -0.15) is 0 Å². The van der Waals surface area contributed by atoms with Gasteiger partial charge in [-0.25, -0.2) is 0 Å². The van der Waals surface area contributed by atoms with Gasteiger partial charge < -0.3 is 37.2 Å². The van der Waals surface area contributed by atoms with Crippen LogP contribution in [0.1, 0.15) is 46.5 Å². The zero-order chi connectivity index (χ0) is 28.9. The van der Waals surface area contributed by atoms with E-state index in [2.05, 4.69) is 21.3 Å². The van der Waals surface area contributed by atoms with E-state index < -0.39 is 90.7 Å². The lowest BCUT2D eigenvalue weighted by Gasteiger charge is -2.26. The standard InChI is InChI=1S/C21H31N5O11/c1-9(2)4-12(19(35)24-11(6-17(31)32)15(29)8-27)25-20(36)13(5-16(22)30)26-21(37)14(7-18(33)34)23-10(3)28/h8-9,11-14H,4-7H2,1-3H3,(H2,22,30)(H,23,28)(H,24,35)(H,25,36)(H,26,37)(H,31,32)(H,33,34)/t11-,12-,13-,14-/m0/s1. The molecule has 8 N–H and O–H groups in total. The number of rotatable bonds is 17. The third kappa shape index (κ3) is 13.3. The number of aliphatic carboxylic acids is 2. The molecule has 0 aliphatic heterocycles. The fraction of sp³-hybridized carbons (Fsp3) is 0.571. The summed E-state index contributed by atoms with van der Waals surface area (Å²) in [6, 6.07) is -6.40. The maximum absolute atomic E-state index is 12.9. The number of hydrogen-bond donors (Lipinski definition) is 7. The smallest absolute Gasteiger partial charge is 0.305 e. The largest absolute Gasteiger partial charge is 0.481 e. The number of Topliss-reactive ketones (excluding diaryl/α,β-unsaturated/α-hetero) is 1. The first kappa shape index (κ1) is 32.6. The molecule has 0 fully saturated rings. The number of amides is 5. The average molecular weight is 530 g/mol. The second-order valence-electron chi connectivity index (χ2n) is 8.45. The molecule has 0 aromatic heterocycles. The van der Waals surface area contributed by atoms with Gasteiger partial charge in [0.1, 0.15) is 24.2 Å². The van der Waals surface area contributed by atoms with Gasteiger partial charge in [0.05, 0.1) is 19.3 Å². The molecule has 0 aliphatic rings. The van der Waals surface area contributed by atoms with Crippen molar-refractivity contribution in [1.82, 2.24) is 21.3 Å². The predicted octanol–water partition coefficient (Wildman–Crippen LogP) is -3.42. The summed E-state index contributed by atoms with van der Waals surface area (Å²) in [6.45, 7) is 4.37. The van der Waals surface area contributed by atoms with Gasteiger partial charge in [-0.3, -0.25) is 43.2 Å². The molecule has 37 heavy (non-hydrogen) atoms. The van der Waals surface area contributed by atoms with E-state index in [9.17, 15) is 43.2 Å². The first-order chi connectivity index (χ1) is 17.1. The number of carbonyl (C=O) groups is 9. The van der Waals surface area contributed by atoms with E-state index in [0.717, 1.165) is 6.92 Å². The highest BCUT2D eigenvalue weighted by molar-refractivity contribution is 6.28. The molecule has 0 heterocycles.